The maximum absolute atomic E-state index is 12.4. The number of imide groups is 3. The number of amides is 8. The highest BCUT2D eigenvalue weighted by Gasteiger charge is 2.34. The van der Waals surface area contributed by atoms with Crippen molar-refractivity contribution in [3.05, 3.63) is 89.5 Å². The third-order valence-electron chi connectivity index (χ3n) is 10.4. The van der Waals surface area contributed by atoms with Gasteiger partial charge in [0.1, 0.15) is 29.3 Å². The average molecular weight is 983 g/mol. The summed E-state index contributed by atoms with van der Waals surface area (Å²) >= 11 is 5.26. The standard InChI is InChI=1S/C15H18N2O5.C13H14N2O4.C9H9ClO3.C6H10N2O2.C4H8O/c1-17(12-7-8-13(18)16-14(12)19)15(20)10-3-5-11(6-4-10)22-9-21-2;1-15(10-6-7-11(17)14-12(10)18)13(19)8-2-4-9(16)5-3-8;1-12-6-13-8-4-2-7(3-5-8)9(10)11;1-7-4-2-3-5(9)8-6(4)10;1-2-4-5-3-1/h3-6,12H,7-9H2,1-2H3,(H,16,18,19);2-5,10,16H,6-7H2,1H3,(H,14,17,18);2-5H,6H2,1H3;4,7H,2-3H2,1H3,(H,8,9,10);1-4H2. The molecule has 4 fully saturated rings. The van der Waals surface area contributed by atoms with Crippen molar-refractivity contribution in [3.8, 4) is 17.2 Å². The zero-order valence-electron chi connectivity index (χ0n) is 39.1. The third kappa shape index (κ3) is 19.4. The summed E-state index contributed by atoms with van der Waals surface area (Å²) in [6, 6.07) is 17.4. The number of rotatable bonds is 12. The van der Waals surface area contributed by atoms with E-state index in [0.29, 0.717) is 53.9 Å². The van der Waals surface area contributed by atoms with Gasteiger partial charge < -0.3 is 43.9 Å². The van der Waals surface area contributed by atoms with Crippen molar-refractivity contribution in [1.29, 1.82) is 0 Å². The quantitative estimate of drug-likeness (QED) is 0.0992. The first-order valence-electron chi connectivity index (χ1n) is 21.7. The maximum Gasteiger partial charge on any atom is 0.254 e. The van der Waals surface area contributed by atoms with E-state index < -0.39 is 29.1 Å². The second kappa shape index (κ2) is 29.9. The Morgan fingerprint density at radius 3 is 1.33 bits per heavy atom. The molecule has 0 radical (unpaired) electrons. The van der Waals surface area contributed by atoms with E-state index in [0.717, 1.165) is 13.2 Å². The van der Waals surface area contributed by atoms with E-state index in [1.165, 1.54) is 68.2 Å². The molecule has 374 valence electrons. The number of likely N-dealkylation sites (N-methyl/N-ethyl adjacent to an activating group) is 3. The maximum atomic E-state index is 12.4. The second-order valence-electron chi connectivity index (χ2n) is 15.3. The summed E-state index contributed by atoms with van der Waals surface area (Å²) in [6.45, 7) is 2.32. The molecule has 0 aliphatic carbocycles. The van der Waals surface area contributed by atoms with Gasteiger partial charge in [-0.15, -0.1) is 0 Å². The molecule has 3 aromatic carbocycles. The zero-order valence-corrected chi connectivity index (χ0v) is 39.8. The van der Waals surface area contributed by atoms with Crippen LogP contribution in [0.4, 0.5) is 0 Å². The first kappa shape index (κ1) is 56.5. The Morgan fingerprint density at radius 1 is 0.623 bits per heavy atom. The van der Waals surface area contributed by atoms with Gasteiger partial charge in [-0.25, -0.2) is 0 Å². The Labute approximate surface area is 404 Å². The number of halogens is 1. The van der Waals surface area contributed by atoms with Crippen LogP contribution in [0.25, 0.3) is 0 Å². The highest BCUT2D eigenvalue weighted by molar-refractivity contribution is 6.67. The minimum Gasteiger partial charge on any atom is -0.508 e. The summed E-state index contributed by atoms with van der Waals surface area (Å²) in [7, 11) is 7.84. The number of benzene rings is 3. The van der Waals surface area contributed by atoms with E-state index in [-0.39, 0.29) is 73.7 Å². The Balaban J connectivity index is 0.000000243. The lowest BCUT2D eigenvalue weighted by Crippen LogP contribution is -2.52. The summed E-state index contributed by atoms with van der Waals surface area (Å²) in [4.78, 5) is 105. The van der Waals surface area contributed by atoms with Crippen molar-refractivity contribution in [2.75, 3.05) is 62.2 Å². The molecule has 0 saturated carbocycles. The molecule has 3 atom stereocenters. The molecule has 4 heterocycles. The molecule has 0 aromatic heterocycles. The van der Waals surface area contributed by atoms with Crippen LogP contribution in [0, 0.1) is 0 Å². The molecule has 4 aliphatic rings. The monoisotopic (exact) mass is 982 g/mol. The molecule has 21 nitrogen and oxygen atoms in total. The number of hydrogen-bond acceptors (Lipinski definition) is 16. The topological polar surface area (TPSA) is 275 Å². The number of methoxy groups -OCH3 is 2. The molecule has 4 aliphatic heterocycles. The zero-order chi connectivity index (χ0) is 50.9. The normalized spacial score (nSPS) is 18.3. The van der Waals surface area contributed by atoms with Gasteiger partial charge in [-0.2, -0.15) is 0 Å². The van der Waals surface area contributed by atoms with Crippen LogP contribution in [0.15, 0.2) is 72.8 Å². The number of nitrogens with zero attached hydrogens (tertiary/aromatic N) is 2. The van der Waals surface area contributed by atoms with E-state index in [1.54, 1.807) is 62.6 Å². The predicted molar refractivity (Wildman–Crippen MR) is 248 cm³/mol. The number of carbonyl (C=O) groups is 9. The predicted octanol–water partition coefficient (Wildman–Crippen LogP) is 2.67. The molecule has 5 N–H and O–H groups in total. The minimum absolute atomic E-state index is 0.0696. The lowest BCUT2D eigenvalue weighted by molar-refractivity contribution is -0.138. The highest BCUT2D eigenvalue weighted by atomic mass is 35.5. The van der Waals surface area contributed by atoms with Gasteiger partial charge in [-0.05, 0) is 124 Å². The fourth-order valence-corrected chi connectivity index (χ4v) is 6.63. The van der Waals surface area contributed by atoms with Gasteiger partial charge in [0.25, 0.3) is 17.1 Å². The summed E-state index contributed by atoms with van der Waals surface area (Å²) in [5.41, 5.74) is 1.27. The van der Waals surface area contributed by atoms with E-state index in [1.807, 2.05) is 0 Å². The molecule has 4 saturated heterocycles. The van der Waals surface area contributed by atoms with Crippen LogP contribution in [0.1, 0.15) is 82.4 Å². The minimum atomic E-state index is -0.640. The summed E-state index contributed by atoms with van der Waals surface area (Å²) in [6.07, 6.45) is 4.73. The van der Waals surface area contributed by atoms with Crippen molar-refractivity contribution in [3.63, 3.8) is 0 Å². The number of phenols is 1. The summed E-state index contributed by atoms with van der Waals surface area (Å²) < 4.78 is 24.8. The number of aromatic hydroxyl groups is 1. The molecule has 22 heteroatoms. The van der Waals surface area contributed by atoms with E-state index >= 15 is 0 Å². The average Bonchev–Trinajstić information content (AvgIpc) is 3.94. The fraction of sp³-hybridized carbons (Fsp3) is 0.426. The van der Waals surface area contributed by atoms with Crippen molar-refractivity contribution < 1.29 is 71.9 Å². The van der Waals surface area contributed by atoms with Gasteiger partial charge in [0.15, 0.2) is 13.6 Å². The molecule has 0 bridgehead atoms. The van der Waals surface area contributed by atoms with Crippen molar-refractivity contribution >= 4 is 64.1 Å². The smallest absolute Gasteiger partial charge is 0.254 e. The molecule has 3 unspecified atom stereocenters. The molecule has 3 aromatic rings. The van der Waals surface area contributed by atoms with Crippen LogP contribution >= 0.6 is 11.6 Å². The van der Waals surface area contributed by atoms with Gasteiger partial charge >= 0.3 is 0 Å². The fourth-order valence-electron chi connectivity index (χ4n) is 6.51. The van der Waals surface area contributed by atoms with Crippen molar-refractivity contribution in [2.45, 2.75) is 69.5 Å². The van der Waals surface area contributed by atoms with E-state index in [2.05, 4.69) is 21.3 Å². The second-order valence-corrected chi connectivity index (χ2v) is 15.7. The lowest BCUT2D eigenvalue weighted by Gasteiger charge is -2.29. The Hall–Kier alpha value is -6.78. The number of piperidine rings is 3. The summed E-state index contributed by atoms with van der Waals surface area (Å²) in [5.74, 6) is -1.20. The molecule has 69 heavy (non-hydrogen) atoms. The van der Waals surface area contributed by atoms with E-state index in [9.17, 15) is 48.3 Å². The third-order valence-corrected chi connectivity index (χ3v) is 10.6. The molecular formula is C47H59ClN6O15. The largest absolute Gasteiger partial charge is 0.508 e. The summed E-state index contributed by atoms with van der Waals surface area (Å²) in [5, 5.41) is 18.2. The number of hydrogen-bond donors (Lipinski definition) is 5. The molecular weight excluding hydrogens is 924 g/mol. The molecule has 7 rings (SSSR count). The SMILES string of the molecule is C1CCOC1.CN(C(=O)c1ccc(O)cc1)C1CCC(=O)NC1=O.CNC1CCC(=O)NC1=O.COCOc1ccc(C(=O)Cl)cc1.COCOc1ccc(C(=O)N(C)C2CCC(=O)NC2=O)cc1. The number of phenolic OH excluding ortho intramolecular Hbond substituents is 1. The van der Waals surface area contributed by atoms with Crippen LogP contribution in [0.3, 0.4) is 0 Å². The van der Waals surface area contributed by atoms with Crippen LogP contribution in [-0.2, 0) is 43.0 Å². The van der Waals surface area contributed by atoms with Gasteiger partial charge in [0.2, 0.25) is 35.4 Å². The van der Waals surface area contributed by atoms with Gasteiger partial charge in [-0.1, -0.05) is 0 Å². The lowest BCUT2D eigenvalue weighted by atomic mass is 10.0. The van der Waals surface area contributed by atoms with Crippen LogP contribution < -0.4 is 30.7 Å². The Kier molecular flexibility index (Phi) is 24.5. The highest BCUT2D eigenvalue weighted by Crippen LogP contribution is 2.19. The number of nitrogens with one attached hydrogen (secondary N) is 4. The van der Waals surface area contributed by atoms with Crippen LogP contribution in [-0.4, -0.2) is 148 Å². The molecule has 0 spiro atoms. The number of ether oxygens (including phenoxy) is 5. The van der Waals surface area contributed by atoms with Crippen LogP contribution in [0.5, 0.6) is 17.2 Å². The van der Waals surface area contributed by atoms with Crippen LogP contribution in [0.2, 0.25) is 0 Å². The Morgan fingerprint density at radius 2 is 1.00 bits per heavy atom. The first-order chi connectivity index (χ1) is 33.0. The van der Waals surface area contributed by atoms with Crippen molar-refractivity contribution in [1.82, 2.24) is 31.1 Å². The number of carbonyl (C=O) groups excluding carboxylic acids is 9. The van der Waals surface area contributed by atoms with Gasteiger partial charge in [0.05, 0.1) is 6.04 Å². The molecule has 8 amide bonds. The first-order valence-corrected chi connectivity index (χ1v) is 22.1. The van der Waals surface area contributed by atoms with Crippen molar-refractivity contribution in [2.24, 2.45) is 0 Å². The van der Waals surface area contributed by atoms with E-state index in [4.69, 9.17) is 35.3 Å². The van der Waals surface area contributed by atoms with Gasteiger partial charge in [0, 0.05) is 77.5 Å². The Bertz CT molecular complexity index is 2200. The van der Waals surface area contributed by atoms with Gasteiger partial charge in [-0.3, -0.25) is 59.1 Å².